The zero-order chi connectivity index (χ0) is 9.84. The number of hydrogen-bond acceptors (Lipinski definition) is 3. The fourth-order valence-corrected chi connectivity index (χ4v) is 1.05. The largest absolute Gasteiger partial charge is 0.504 e. The molecule has 70 valence electrons. The molecule has 0 heterocycles. The van der Waals surface area contributed by atoms with Crippen LogP contribution in [0.25, 0.3) is 0 Å². The van der Waals surface area contributed by atoms with Crippen LogP contribution in [0.2, 0.25) is 0 Å². The smallest absolute Gasteiger partial charge is 0.160 e. The first-order chi connectivity index (χ1) is 6.19. The van der Waals surface area contributed by atoms with Gasteiger partial charge >= 0.3 is 0 Å². The second kappa shape index (κ2) is 3.96. The highest BCUT2D eigenvalue weighted by atomic mass is 16.5. The summed E-state index contributed by atoms with van der Waals surface area (Å²) in [7, 11) is 1.50. The number of ether oxygens (including phenoxy) is 1. The average molecular weight is 179 g/mol. The van der Waals surface area contributed by atoms with Crippen molar-refractivity contribution in [1.29, 1.82) is 0 Å². The Hall–Kier alpha value is -1.48. The Morgan fingerprint density at radius 1 is 1.62 bits per heavy atom. The van der Waals surface area contributed by atoms with E-state index in [9.17, 15) is 5.11 Å². The van der Waals surface area contributed by atoms with Crippen molar-refractivity contribution in [2.75, 3.05) is 7.11 Å². The maximum atomic E-state index is 9.42. The molecule has 0 saturated carbocycles. The zero-order valence-corrected chi connectivity index (χ0v) is 7.53. The highest BCUT2D eigenvalue weighted by Gasteiger charge is 2.05. The summed E-state index contributed by atoms with van der Waals surface area (Å²) < 4.78 is 4.90. The van der Waals surface area contributed by atoms with Gasteiger partial charge in [-0.15, -0.1) is 6.58 Å². The number of phenols is 1. The molecule has 1 rings (SSSR count). The number of hydrogen-bond donors (Lipinski definition) is 2. The first kappa shape index (κ1) is 9.61. The van der Waals surface area contributed by atoms with Gasteiger partial charge in [0.25, 0.3) is 0 Å². The molecular formula is C10H13NO2. The SMILES string of the molecule is C=C[C@H](N)c1ccc(OC)c(O)c1. The Labute approximate surface area is 77.4 Å². The molecular weight excluding hydrogens is 166 g/mol. The van der Waals surface area contributed by atoms with E-state index in [-0.39, 0.29) is 11.8 Å². The third-order valence-corrected chi connectivity index (χ3v) is 1.84. The van der Waals surface area contributed by atoms with E-state index in [0.29, 0.717) is 5.75 Å². The number of methoxy groups -OCH3 is 1. The minimum absolute atomic E-state index is 0.0947. The van der Waals surface area contributed by atoms with E-state index in [1.807, 2.05) is 0 Å². The molecule has 0 spiro atoms. The molecule has 0 aliphatic rings. The van der Waals surface area contributed by atoms with E-state index in [4.69, 9.17) is 10.5 Å². The summed E-state index contributed by atoms with van der Waals surface area (Å²) in [5.74, 6) is 0.539. The molecule has 0 aliphatic carbocycles. The van der Waals surface area contributed by atoms with Gasteiger partial charge in [0.1, 0.15) is 0 Å². The molecule has 0 aromatic heterocycles. The molecule has 1 aromatic carbocycles. The van der Waals surface area contributed by atoms with Gasteiger partial charge in [0.05, 0.1) is 7.11 Å². The molecule has 0 radical (unpaired) electrons. The summed E-state index contributed by atoms with van der Waals surface area (Å²) in [6.45, 7) is 3.57. The van der Waals surface area contributed by atoms with E-state index >= 15 is 0 Å². The van der Waals surface area contributed by atoms with Gasteiger partial charge in [0, 0.05) is 6.04 Å². The maximum absolute atomic E-state index is 9.42. The normalized spacial score (nSPS) is 12.2. The number of rotatable bonds is 3. The number of nitrogens with two attached hydrogens (primary N) is 1. The molecule has 13 heavy (non-hydrogen) atoms. The van der Waals surface area contributed by atoms with Crippen molar-refractivity contribution in [1.82, 2.24) is 0 Å². The average Bonchev–Trinajstić information content (AvgIpc) is 2.16. The van der Waals surface area contributed by atoms with Crippen LogP contribution >= 0.6 is 0 Å². The number of benzene rings is 1. The minimum atomic E-state index is -0.253. The summed E-state index contributed by atoms with van der Waals surface area (Å²) >= 11 is 0. The van der Waals surface area contributed by atoms with E-state index in [1.165, 1.54) is 7.11 Å². The molecule has 3 nitrogen and oxygen atoms in total. The molecule has 0 saturated heterocycles. The van der Waals surface area contributed by atoms with Gasteiger partial charge in [-0.05, 0) is 17.7 Å². The van der Waals surface area contributed by atoms with Crippen LogP contribution in [-0.4, -0.2) is 12.2 Å². The standard InChI is InChI=1S/C10H13NO2/c1-3-8(11)7-4-5-10(13-2)9(12)6-7/h3-6,8,12H,1,11H2,2H3/t8-/m0/s1. The molecule has 0 aliphatic heterocycles. The minimum Gasteiger partial charge on any atom is -0.504 e. The topological polar surface area (TPSA) is 55.5 Å². The Kier molecular flexibility index (Phi) is 2.93. The summed E-state index contributed by atoms with van der Waals surface area (Å²) in [5.41, 5.74) is 6.50. The van der Waals surface area contributed by atoms with Crippen LogP contribution in [0.3, 0.4) is 0 Å². The maximum Gasteiger partial charge on any atom is 0.160 e. The fourth-order valence-electron chi connectivity index (χ4n) is 1.05. The van der Waals surface area contributed by atoms with Crippen molar-refractivity contribution >= 4 is 0 Å². The second-order valence-corrected chi connectivity index (χ2v) is 2.69. The third-order valence-electron chi connectivity index (χ3n) is 1.84. The highest BCUT2D eigenvalue weighted by Crippen LogP contribution is 2.28. The molecule has 3 heteroatoms. The van der Waals surface area contributed by atoms with Gasteiger partial charge in [-0.2, -0.15) is 0 Å². The van der Waals surface area contributed by atoms with Gasteiger partial charge in [-0.25, -0.2) is 0 Å². The Bertz CT molecular complexity index is 310. The van der Waals surface area contributed by atoms with E-state index < -0.39 is 0 Å². The molecule has 3 N–H and O–H groups in total. The van der Waals surface area contributed by atoms with Gasteiger partial charge in [-0.1, -0.05) is 12.1 Å². The molecule has 0 fully saturated rings. The summed E-state index contributed by atoms with van der Waals surface area (Å²) in [6, 6.07) is 4.79. The second-order valence-electron chi connectivity index (χ2n) is 2.69. The van der Waals surface area contributed by atoms with Crippen LogP contribution < -0.4 is 10.5 Å². The van der Waals surface area contributed by atoms with E-state index in [2.05, 4.69) is 6.58 Å². The van der Waals surface area contributed by atoms with Crippen molar-refractivity contribution < 1.29 is 9.84 Å². The lowest BCUT2D eigenvalue weighted by Crippen LogP contribution is -2.06. The highest BCUT2D eigenvalue weighted by molar-refractivity contribution is 5.43. The molecule has 0 unspecified atom stereocenters. The number of phenolic OH excluding ortho intramolecular Hbond substituents is 1. The number of aromatic hydroxyl groups is 1. The first-order valence-electron chi connectivity index (χ1n) is 3.94. The monoisotopic (exact) mass is 179 g/mol. The Morgan fingerprint density at radius 2 is 2.31 bits per heavy atom. The quantitative estimate of drug-likeness (QED) is 0.693. The molecule has 0 amide bonds. The lowest BCUT2D eigenvalue weighted by molar-refractivity contribution is 0.373. The first-order valence-corrected chi connectivity index (χ1v) is 3.94. The lowest BCUT2D eigenvalue weighted by atomic mass is 10.1. The van der Waals surface area contributed by atoms with E-state index in [0.717, 1.165) is 5.56 Å². The van der Waals surface area contributed by atoms with Crippen LogP contribution in [-0.2, 0) is 0 Å². The van der Waals surface area contributed by atoms with E-state index in [1.54, 1.807) is 24.3 Å². The lowest BCUT2D eigenvalue weighted by Gasteiger charge is -2.09. The van der Waals surface area contributed by atoms with Crippen LogP contribution in [0.15, 0.2) is 30.9 Å². The third kappa shape index (κ3) is 2.00. The van der Waals surface area contributed by atoms with Crippen molar-refractivity contribution in [2.24, 2.45) is 5.73 Å². The summed E-state index contributed by atoms with van der Waals surface area (Å²) in [5, 5.41) is 9.42. The van der Waals surface area contributed by atoms with Crippen LogP contribution in [0, 0.1) is 0 Å². The van der Waals surface area contributed by atoms with Gasteiger partial charge in [-0.3, -0.25) is 0 Å². The van der Waals surface area contributed by atoms with Crippen LogP contribution in [0.4, 0.5) is 0 Å². The molecule has 1 aromatic rings. The zero-order valence-electron chi connectivity index (χ0n) is 7.53. The van der Waals surface area contributed by atoms with Crippen LogP contribution in [0.5, 0.6) is 11.5 Å². The van der Waals surface area contributed by atoms with Gasteiger partial charge in [0.15, 0.2) is 11.5 Å². The predicted molar refractivity (Wildman–Crippen MR) is 51.8 cm³/mol. The summed E-state index contributed by atoms with van der Waals surface area (Å²) in [4.78, 5) is 0. The fraction of sp³-hybridized carbons (Fsp3) is 0.200. The Morgan fingerprint density at radius 3 is 2.77 bits per heavy atom. The van der Waals surface area contributed by atoms with Gasteiger partial charge in [0.2, 0.25) is 0 Å². The van der Waals surface area contributed by atoms with Crippen molar-refractivity contribution in [3.8, 4) is 11.5 Å². The Balaban J connectivity index is 3.02. The molecule has 1 atom stereocenters. The van der Waals surface area contributed by atoms with Crippen molar-refractivity contribution in [2.45, 2.75) is 6.04 Å². The van der Waals surface area contributed by atoms with Crippen molar-refractivity contribution in [3.63, 3.8) is 0 Å². The van der Waals surface area contributed by atoms with Crippen molar-refractivity contribution in [3.05, 3.63) is 36.4 Å². The predicted octanol–water partition coefficient (Wildman–Crippen LogP) is 1.59. The molecule has 0 bridgehead atoms. The van der Waals surface area contributed by atoms with Gasteiger partial charge < -0.3 is 15.6 Å². The summed E-state index contributed by atoms with van der Waals surface area (Å²) in [6.07, 6.45) is 1.61. The van der Waals surface area contributed by atoms with Crippen LogP contribution in [0.1, 0.15) is 11.6 Å².